The SMILES string of the molecule is Nc1ncnc2c1c(C#Cc1ccccc1)nn2CC1SSCC1OC(=O)c1ccccc1. The van der Waals surface area contributed by atoms with Gasteiger partial charge in [0.05, 0.1) is 22.7 Å². The molecule has 0 amide bonds. The second kappa shape index (κ2) is 9.57. The topological polar surface area (TPSA) is 95.9 Å². The lowest BCUT2D eigenvalue weighted by atomic mass is 10.2. The van der Waals surface area contributed by atoms with Crippen LogP contribution >= 0.6 is 21.6 Å². The fourth-order valence-corrected chi connectivity index (χ4v) is 6.47. The number of anilines is 1. The summed E-state index contributed by atoms with van der Waals surface area (Å²) < 4.78 is 7.61. The van der Waals surface area contributed by atoms with E-state index in [-0.39, 0.29) is 17.3 Å². The van der Waals surface area contributed by atoms with Gasteiger partial charge in [-0.3, -0.25) is 0 Å². The molecule has 2 N–H and O–H groups in total. The van der Waals surface area contributed by atoms with E-state index >= 15 is 0 Å². The van der Waals surface area contributed by atoms with Gasteiger partial charge in [-0.1, -0.05) is 63.9 Å². The van der Waals surface area contributed by atoms with Crippen LogP contribution in [0.2, 0.25) is 0 Å². The summed E-state index contributed by atoms with van der Waals surface area (Å²) in [6, 6.07) is 18.7. The maximum absolute atomic E-state index is 12.6. The van der Waals surface area contributed by atoms with Crippen molar-refractivity contribution in [3.05, 3.63) is 83.8 Å². The minimum atomic E-state index is -0.319. The summed E-state index contributed by atoms with van der Waals surface area (Å²) >= 11 is 0. The Morgan fingerprint density at radius 1 is 1.09 bits per heavy atom. The number of carbonyl (C=O) groups is 1. The van der Waals surface area contributed by atoms with Gasteiger partial charge < -0.3 is 10.5 Å². The van der Waals surface area contributed by atoms with E-state index in [2.05, 4.69) is 21.8 Å². The summed E-state index contributed by atoms with van der Waals surface area (Å²) in [6.07, 6.45) is 1.18. The second-order valence-corrected chi connectivity index (χ2v) is 9.98. The third kappa shape index (κ3) is 4.67. The molecule has 0 bridgehead atoms. The highest BCUT2D eigenvalue weighted by Crippen LogP contribution is 2.41. The molecule has 1 saturated heterocycles. The molecule has 3 heterocycles. The standard InChI is InChI=1S/C24H19N5O2S2/c25-22-21-18(12-11-16-7-3-1-4-8-16)28-29(23(21)27-15-26-22)13-20-19(14-32-33-20)31-24(30)17-9-5-2-6-10-17/h1-10,15,19-20H,13-14H2,(H2,25,26,27). The second-order valence-electron chi connectivity index (χ2n) is 7.33. The first-order valence-corrected chi connectivity index (χ1v) is 12.7. The normalized spacial score (nSPS) is 17.5. The fraction of sp³-hybridized carbons (Fsp3) is 0.167. The van der Waals surface area contributed by atoms with Crippen molar-refractivity contribution in [3.63, 3.8) is 0 Å². The molecule has 9 heteroatoms. The van der Waals surface area contributed by atoms with Crippen molar-refractivity contribution in [2.45, 2.75) is 17.9 Å². The first kappa shape index (κ1) is 21.4. The van der Waals surface area contributed by atoms with Gasteiger partial charge in [0.15, 0.2) is 5.65 Å². The summed E-state index contributed by atoms with van der Waals surface area (Å²) in [6.45, 7) is 0.504. The summed E-state index contributed by atoms with van der Waals surface area (Å²) in [5.41, 5.74) is 8.72. The molecule has 2 aromatic carbocycles. The number of fused-ring (bicyclic) bond motifs is 1. The summed E-state index contributed by atoms with van der Waals surface area (Å²) in [7, 11) is 3.37. The first-order valence-electron chi connectivity index (χ1n) is 10.3. The molecule has 0 aliphatic carbocycles. The van der Waals surface area contributed by atoms with Crippen molar-refractivity contribution >= 4 is 44.4 Å². The number of hydrogen-bond donors (Lipinski definition) is 1. The predicted octanol–water partition coefficient (Wildman–Crippen LogP) is 3.80. The Labute approximate surface area is 198 Å². The number of hydrogen-bond acceptors (Lipinski definition) is 8. The Balaban J connectivity index is 1.41. The Hall–Kier alpha value is -3.48. The lowest BCUT2D eigenvalue weighted by molar-refractivity contribution is 0.0342. The molecule has 0 saturated carbocycles. The Bertz CT molecular complexity index is 1350. The van der Waals surface area contributed by atoms with Gasteiger partial charge in [-0.05, 0) is 30.2 Å². The number of esters is 1. The molecule has 5 rings (SSSR count). The highest BCUT2D eigenvalue weighted by atomic mass is 33.1. The maximum Gasteiger partial charge on any atom is 0.338 e. The molecule has 2 aromatic heterocycles. The van der Waals surface area contributed by atoms with Crippen LogP contribution in [0, 0.1) is 11.8 Å². The van der Waals surface area contributed by atoms with Gasteiger partial charge >= 0.3 is 5.97 Å². The Morgan fingerprint density at radius 2 is 1.85 bits per heavy atom. The molecule has 7 nitrogen and oxygen atoms in total. The first-order chi connectivity index (χ1) is 16.2. The molecular formula is C24H19N5O2S2. The van der Waals surface area contributed by atoms with Crippen molar-refractivity contribution < 1.29 is 9.53 Å². The van der Waals surface area contributed by atoms with Crippen LogP contribution in [0.1, 0.15) is 21.6 Å². The molecule has 0 spiro atoms. The molecule has 4 aromatic rings. The van der Waals surface area contributed by atoms with Crippen LogP contribution < -0.4 is 5.73 Å². The number of nitrogens with two attached hydrogens (primary N) is 1. The highest BCUT2D eigenvalue weighted by molar-refractivity contribution is 8.77. The van der Waals surface area contributed by atoms with E-state index in [1.807, 2.05) is 48.5 Å². The van der Waals surface area contributed by atoms with Gasteiger partial charge in [0, 0.05) is 11.3 Å². The summed E-state index contributed by atoms with van der Waals surface area (Å²) in [5, 5.41) is 5.34. The van der Waals surface area contributed by atoms with Crippen LogP contribution in [0.15, 0.2) is 67.0 Å². The summed E-state index contributed by atoms with van der Waals surface area (Å²) in [5.74, 6) is 6.97. The number of aromatic nitrogens is 4. The van der Waals surface area contributed by atoms with E-state index in [0.29, 0.717) is 40.4 Å². The van der Waals surface area contributed by atoms with E-state index in [1.54, 1.807) is 38.4 Å². The third-order valence-electron chi connectivity index (χ3n) is 5.12. The van der Waals surface area contributed by atoms with Crippen LogP contribution in [0.3, 0.4) is 0 Å². The maximum atomic E-state index is 12.6. The quantitative estimate of drug-likeness (QED) is 0.272. The van der Waals surface area contributed by atoms with Crippen molar-refractivity contribution in [2.24, 2.45) is 0 Å². The van der Waals surface area contributed by atoms with E-state index in [1.165, 1.54) is 6.33 Å². The van der Waals surface area contributed by atoms with Crippen LogP contribution in [0.5, 0.6) is 0 Å². The van der Waals surface area contributed by atoms with Gasteiger partial charge in [0.25, 0.3) is 0 Å². The van der Waals surface area contributed by atoms with Crippen molar-refractivity contribution in [1.82, 2.24) is 19.7 Å². The molecule has 1 aliphatic heterocycles. The molecule has 0 radical (unpaired) electrons. The number of nitrogens with zero attached hydrogens (tertiary/aromatic N) is 4. The van der Waals surface area contributed by atoms with Gasteiger partial charge in [-0.15, -0.1) is 0 Å². The largest absolute Gasteiger partial charge is 0.457 e. The zero-order chi connectivity index (χ0) is 22.6. The van der Waals surface area contributed by atoms with Gasteiger partial charge in [0.2, 0.25) is 0 Å². The number of rotatable bonds is 4. The fourth-order valence-electron chi connectivity index (χ4n) is 3.47. The number of ether oxygens (including phenoxy) is 1. The van der Waals surface area contributed by atoms with Crippen LogP contribution in [-0.4, -0.2) is 42.8 Å². The van der Waals surface area contributed by atoms with E-state index in [9.17, 15) is 4.79 Å². The van der Waals surface area contributed by atoms with E-state index in [0.717, 1.165) is 5.56 Å². The number of benzene rings is 2. The average Bonchev–Trinajstić information content (AvgIpc) is 3.44. The molecule has 1 aliphatic rings. The zero-order valence-corrected chi connectivity index (χ0v) is 19.1. The zero-order valence-electron chi connectivity index (χ0n) is 17.4. The molecular weight excluding hydrogens is 454 g/mol. The molecule has 1 fully saturated rings. The molecule has 164 valence electrons. The average molecular weight is 474 g/mol. The number of nitrogen functional groups attached to an aromatic ring is 1. The minimum absolute atomic E-state index is 0.0110. The monoisotopic (exact) mass is 473 g/mol. The van der Waals surface area contributed by atoms with Crippen LogP contribution in [0.4, 0.5) is 5.82 Å². The Kier molecular flexibility index (Phi) is 6.19. The number of carbonyl (C=O) groups excluding carboxylic acids is 1. The lowest BCUT2D eigenvalue weighted by Crippen LogP contribution is -2.31. The smallest absolute Gasteiger partial charge is 0.338 e. The summed E-state index contributed by atoms with van der Waals surface area (Å²) in [4.78, 5) is 21.1. The van der Waals surface area contributed by atoms with E-state index < -0.39 is 0 Å². The van der Waals surface area contributed by atoms with Crippen molar-refractivity contribution in [3.8, 4) is 11.8 Å². The third-order valence-corrected chi connectivity index (χ3v) is 7.98. The lowest BCUT2D eigenvalue weighted by Gasteiger charge is -2.18. The molecule has 2 atom stereocenters. The van der Waals surface area contributed by atoms with Crippen LogP contribution in [-0.2, 0) is 11.3 Å². The van der Waals surface area contributed by atoms with Crippen molar-refractivity contribution in [2.75, 3.05) is 11.5 Å². The van der Waals surface area contributed by atoms with E-state index in [4.69, 9.17) is 15.6 Å². The van der Waals surface area contributed by atoms with Crippen LogP contribution in [0.25, 0.3) is 11.0 Å². The van der Waals surface area contributed by atoms with Gasteiger partial charge in [-0.2, -0.15) is 5.10 Å². The Morgan fingerprint density at radius 3 is 2.64 bits per heavy atom. The molecule has 33 heavy (non-hydrogen) atoms. The highest BCUT2D eigenvalue weighted by Gasteiger charge is 2.34. The van der Waals surface area contributed by atoms with Gasteiger partial charge in [-0.25, -0.2) is 19.4 Å². The van der Waals surface area contributed by atoms with Crippen molar-refractivity contribution in [1.29, 1.82) is 0 Å². The predicted molar refractivity (Wildman–Crippen MR) is 132 cm³/mol. The molecule has 2 unspecified atom stereocenters. The van der Waals surface area contributed by atoms with Gasteiger partial charge in [0.1, 0.15) is 23.9 Å². The minimum Gasteiger partial charge on any atom is -0.457 e.